The lowest BCUT2D eigenvalue weighted by atomic mass is 10.1. The Morgan fingerprint density at radius 3 is 2.50 bits per heavy atom. The van der Waals surface area contributed by atoms with E-state index in [0.717, 1.165) is 11.8 Å². The van der Waals surface area contributed by atoms with E-state index < -0.39 is 0 Å². The van der Waals surface area contributed by atoms with Gasteiger partial charge in [-0.3, -0.25) is 4.98 Å². The van der Waals surface area contributed by atoms with Gasteiger partial charge >= 0.3 is 0 Å². The zero-order chi connectivity index (χ0) is 6.97. The van der Waals surface area contributed by atoms with Crippen LogP contribution in [0.5, 0.6) is 0 Å². The Hall–Kier alpha value is -0.850. The van der Waals surface area contributed by atoms with E-state index in [2.05, 4.69) is 24.0 Å². The van der Waals surface area contributed by atoms with Gasteiger partial charge in [-0.1, -0.05) is 6.92 Å². The molecule has 52 valence electrons. The Balaban J connectivity index is 2.20. The number of rotatable bonds is 1. The maximum atomic E-state index is 3.98. The van der Waals surface area contributed by atoms with Crippen molar-refractivity contribution in [2.75, 3.05) is 0 Å². The number of aromatic nitrogens is 1. The number of pyridine rings is 1. The van der Waals surface area contributed by atoms with Crippen LogP contribution in [0, 0.1) is 5.92 Å². The van der Waals surface area contributed by atoms with Crippen molar-refractivity contribution in [1.29, 1.82) is 0 Å². The van der Waals surface area contributed by atoms with E-state index in [1.807, 2.05) is 12.4 Å². The van der Waals surface area contributed by atoms with Crippen LogP contribution in [0.4, 0.5) is 0 Å². The van der Waals surface area contributed by atoms with Gasteiger partial charge < -0.3 is 0 Å². The molecule has 1 aliphatic carbocycles. The maximum absolute atomic E-state index is 3.98. The SMILES string of the molecule is C[C@H]1C[C@@H]1c1ccncc1. The van der Waals surface area contributed by atoms with Crippen LogP contribution in [0.25, 0.3) is 0 Å². The summed E-state index contributed by atoms with van der Waals surface area (Å²) in [5, 5.41) is 0. The molecule has 1 heteroatoms. The molecular weight excluding hydrogens is 122 g/mol. The van der Waals surface area contributed by atoms with Gasteiger partial charge in [0.15, 0.2) is 0 Å². The van der Waals surface area contributed by atoms with Gasteiger partial charge in [-0.05, 0) is 36.0 Å². The van der Waals surface area contributed by atoms with Crippen LogP contribution < -0.4 is 0 Å². The first kappa shape index (κ1) is 5.90. The molecule has 10 heavy (non-hydrogen) atoms. The molecule has 0 unspecified atom stereocenters. The van der Waals surface area contributed by atoms with Crippen molar-refractivity contribution in [2.24, 2.45) is 5.92 Å². The molecule has 0 amide bonds. The summed E-state index contributed by atoms with van der Waals surface area (Å²) in [6, 6.07) is 4.24. The minimum absolute atomic E-state index is 0.836. The summed E-state index contributed by atoms with van der Waals surface area (Å²) in [6.07, 6.45) is 5.12. The molecule has 1 aromatic rings. The molecule has 2 rings (SSSR count). The predicted molar refractivity (Wildman–Crippen MR) is 40.8 cm³/mol. The van der Waals surface area contributed by atoms with Gasteiger partial charge in [0.2, 0.25) is 0 Å². The van der Waals surface area contributed by atoms with E-state index in [-0.39, 0.29) is 0 Å². The smallest absolute Gasteiger partial charge is 0.0270 e. The lowest BCUT2D eigenvalue weighted by Crippen LogP contribution is -1.79. The molecule has 1 aromatic heterocycles. The van der Waals surface area contributed by atoms with Crippen LogP contribution in [-0.2, 0) is 0 Å². The van der Waals surface area contributed by atoms with E-state index >= 15 is 0 Å². The van der Waals surface area contributed by atoms with Crippen LogP contribution in [0.15, 0.2) is 24.5 Å². The summed E-state index contributed by atoms with van der Waals surface area (Å²) >= 11 is 0. The standard InChI is InChI=1S/C9H11N/c1-7-6-9(7)8-2-4-10-5-3-8/h2-5,7,9H,6H2,1H3/t7-,9-/m0/s1. The first-order valence-corrected chi connectivity index (χ1v) is 3.78. The van der Waals surface area contributed by atoms with Crippen molar-refractivity contribution in [2.45, 2.75) is 19.3 Å². The zero-order valence-corrected chi connectivity index (χ0v) is 6.12. The largest absolute Gasteiger partial charge is 0.265 e. The van der Waals surface area contributed by atoms with Gasteiger partial charge in [-0.15, -0.1) is 0 Å². The highest BCUT2D eigenvalue weighted by Crippen LogP contribution is 2.46. The van der Waals surface area contributed by atoms with E-state index in [4.69, 9.17) is 0 Å². The fourth-order valence-electron chi connectivity index (χ4n) is 1.40. The van der Waals surface area contributed by atoms with Crippen molar-refractivity contribution >= 4 is 0 Å². The molecule has 0 saturated heterocycles. The summed E-state index contributed by atoms with van der Waals surface area (Å²) in [7, 11) is 0. The average Bonchev–Trinajstić information content (AvgIpc) is 2.69. The highest BCUT2D eigenvalue weighted by atomic mass is 14.6. The Morgan fingerprint density at radius 2 is 2.00 bits per heavy atom. The molecule has 0 bridgehead atoms. The molecule has 0 spiro atoms. The Kier molecular flexibility index (Phi) is 1.23. The third-order valence-electron chi connectivity index (χ3n) is 2.24. The fourth-order valence-corrected chi connectivity index (χ4v) is 1.40. The number of nitrogens with zero attached hydrogens (tertiary/aromatic N) is 1. The summed E-state index contributed by atoms with van der Waals surface area (Å²) < 4.78 is 0. The highest BCUT2D eigenvalue weighted by Gasteiger charge is 2.33. The van der Waals surface area contributed by atoms with E-state index in [0.29, 0.717) is 0 Å². The quantitative estimate of drug-likeness (QED) is 0.572. The normalized spacial score (nSPS) is 30.1. The molecule has 0 radical (unpaired) electrons. The molecule has 1 fully saturated rings. The third-order valence-corrected chi connectivity index (χ3v) is 2.24. The number of hydrogen-bond acceptors (Lipinski definition) is 1. The molecule has 0 N–H and O–H groups in total. The molecule has 1 nitrogen and oxygen atoms in total. The molecule has 1 aliphatic rings. The zero-order valence-electron chi connectivity index (χ0n) is 6.12. The number of hydrogen-bond donors (Lipinski definition) is 0. The van der Waals surface area contributed by atoms with Crippen molar-refractivity contribution in [3.05, 3.63) is 30.1 Å². The van der Waals surface area contributed by atoms with E-state index in [1.165, 1.54) is 12.0 Å². The minimum atomic E-state index is 0.836. The van der Waals surface area contributed by atoms with E-state index in [1.54, 1.807) is 0 Å². The second-order valence-electron chi connectivity index (χ2n) is 3.10. The molecular formula is C9H11N. The molecule has 0 aliphatic heterocycles. The third kappa shape index (κ3) is 0.919. The molecule has 0 aromatic carbocycles. The van der Waals surface area contributed by atoms with Crippen molar-refractivity contribution in [3.8, 4) is 0 Å². The monoisotopic (exact) mass is 133 g/mol. The van der Waals surface area contributed by atoms with Gasteiger partial charge in [-0.2, -0.15) is 0 Å². The molecule has 1 heterocycles. The Bertz CT molecular complexity index is 217. The van der Waals surface area contributed by atoms with Crippen molar-refractivity contribution in [1.82, 2.24) is 4.98 Å². The first-order valence-electron chi connectivity index (χ1n) is 3.78. The topological polar surface area (TPSA) is 12.9 Å². The highest BCUT2D eigenvalue weighted by molar-refractivity contribution is 5.22. The van der Waals surface area contributed by atoms with Crippen LogP contribution >= 0.6 is 0 Å². The van der Waals surface area contributed by atoms with Crippen molar-refractivity contribution in [3.63, 3.8) is 0 Å². The summed E-state index contributed by atoms with van der Waals surface area (Å²) in [5.74, 6) is 1.74. The van der Waals surface area contributed by atoms with Crippen LogP contribution in [-0.4, -0.2) is 4.98 Å². The summed E-state index contributed by atoms with van der Waals surface area (Å²) in [5.41, 5.74) is 1.46. The van der Waals surface area contributed by atoms with Gasteiger partial charge in [0.1, 0.15) is 0 Å². The van der Waals surface area contributed by atoms with Crippen LogP contribution in [0.2, 0.25) is 0 Å². The Labute approximate surface area is 61.1 Å². The second-order valence-corrected chi connectivity index (χ2v) is 3.10. The van der Waals surface area contributed by atoms with Crippen LogP contribution in [0.1, 0.15) is 24.8 Å². The van der Waals surface area contributed by atoms with Crippen LogP contribution in [0.3, 0.4) is 0 Å². The fraction of sp³-hybridized carbons (Fsp3) is 0.444. The summed E-state index contributed by atoms with van der Waals surface area (Å²) in [4.78, 5) is 3.98. The Morgan fingerprint density at radius 1 is 1.40 bits per heavy atom. The summed E-state index contributed by atoms with van der Waals surface area (Å²) in [6.45, 7) is 2.30. The first-order chi connectivity index (χ1) is 4.88. The van der Waals surface area contributed by atoms with Crippen molar-refractivity contribution < 1.29 is 0 Å². The van der Waals surface area contributed by atoms with Gasteiger partial charge in [0.25, 0.3) is 0 Å². The molecule has 2 atom stereocenters. The average molecular weight is 133 g/mol. The maximum Gasteiger partial charge on any atom is 0.0270 e. The van der Waals surface area contributed by atoms with Gasteiger partial charge in [0.05, 0.1) is 0 Å². The lowest BCUT2D eigenvalue weighted by Gasteiger charge is -1.93. The van der Waals surface area contributed by atoms with Gasteiger partial charge in [-0.25, -0.2) is 0 Å². The van der Waals surface area contributed by atoms with E-state index in [9.17, 15) is 0 Å². The molecule has 1 saturated carbocycles. The lowest BCUT2D eigenvalue weighted by molar-refractivity contribution is 0.912. The predicted octanol–water partition coefficient (Wildman–Crippen LogP) is 2.21. The second kappa shape index (κ2) is 2.08. The minimum Gasteiger partial charge on any atom is -0.265 e. The van der Waals surface area contributed by atoms with Gasteiger partial charge in [0, 0.05) is 12.4 Å².